The summed E-state index contributed by atoms with van der Waals surface area (Å²) in [5, 5.41) is 2.11. The molecule has 0 saturated carbocycles. The first-order valence-electron chi connectivity index (χ1n) is 4.55. The number of thioether (sulfide) groups is 1. The van der Waals surface area contributed by atoms with E-state index in [1.165, 1.54) is 5.75 Å². The molecule has 0 spiro atoms. The summed E-state index contributed by atoms with van der Waals surface area (Å²) < 4.78 is 27.2. The Hall–Kier alpha value is 0.180. The molecular formula is C8H22N2O3S2. The van der Waals surface area contributed by atoms with Crippen molar-refractivity contribution in [3.63, 3.8) is 0 Å². The molecule has 94 valence electrons. The fourth-order valence-electron chi connectivity index (χ4n) is 1.03. The largest absolute Gasteiger partial charge is 0.748 e. The van der Waals surface area contributed by atoms with Crippen molar-refractivity contribution < 1.29 is 18.4 Å². The van der Waals surface area contributed by atoms with Gasteiger partial charge in [-0.2, -0.15) is 5.01 Å². The number of hydrogen-bond donors (Lipinski definition) is 1. The lowest BCUT2D eigenvalue weighted by Gasteiger charge is -2.24. The maximum absolute atomic E-state index is 9.08. The van der Waals surface area contributed by atoms with Gasteiger partial charge in [0.1, 0.15) is 0 Å². The Balaban J connectivity index is 0. The zero-order valence-corrected chi connectivity index (χ0v) is 11.9. The van der Waals surface area contributed by atoms with Crippen LogP contribution in [-0.4, -0.2) is 49.0 Å². The molecule has 0 aliphatic heterocycles. The highest BCUT2D eigenvalue weighted by molar-refractivity contribution is 8.00. The Morgan fingerprint density at radius 3 is 1.93 bits per heavy atom. The molecule has 0 aromatic heterocycles. The van der Waals surface area contributed by atoms with E-state index in [0.29, 0.717) is 6.26 Å². The molecule has 2 N–H and O–H groups in total. The molecular weight excluding hydrogens is 236 g/mol. The van der Waals surface area contributed by atoms with Crippen LogP contribution < -0.4 is 5.43 Å². The third-order valence-corrected chi connectivity index (χ3v) is 2.22. The highest BCUT2D eigenvalue weighted by atomic mass is 32.2. The summed E-state index contributed by atoms with van der Waals surface area (Å²) in [7, 11) is 0.218. The van der Waals surface area contributed by atoms with Crippen LogP contribution in [0.3, 0.4) is 0 Å². The second kappa shape index (κ2) is 7.45. The first kappa shape index (κ1) is 17.6. The molecule has 0 amide bonds. The molecule has 5 nitrogen and oxygen atoms in total. The van der Waals surface area contributed by atoms with Crippen molar-refractivity contribution >= 4 is 21.9 Å². The smallest absolute Gasteiger partial charge is 0.154 e. The van der Waals surface area contributed by atoms with Gasteiger partial charge in [-0.3, -0.25) is 5.43 Å². The van der Waals surface area contributed by atoms with E-state index in [-0.39, 0.29) is 4.87 Å². The summed E-state index contributed by atoms with van der Waals surface area (Å²) >= 11 is 1.96. The van der Waals surface area contributed by atoms with Crippen LogP contribution in [0.1, 0.15) is 20.8 Å². The average Bonchev–Trinajstić information content (AvgIpc) is 1.77. The third-order valence-electron chi connectivity index (χ3n) is 1.09. The molecule has 0 aromatic rings. The van der Waals surface area contributed by atoms with Gasteiger partial charge in [0.05, 0.1) is 10.1 Å². The van der Waals surface area contributed by atoms with E-state index in [9.17, 15) is 0 Å². The summed E-state index contributed by atoms with van der Waals surface area (Å²) in [6, 6.07) is 0. The van der Waals surface area contributed by atoms with Crippen molar-refractivity contribution in [1.82, 2.24) is 5.01 Å². The van der Waals surface area contributed by atoms with Crippen LogP contribution in [0, 0.1) is 0 Å². The minimum atomic E-state index is -3.92. The zero-order valence-electron chi connectivity index (χ0n) is 10.3. The normalized spacial score (nSPS) is 12.3. The van der Waals surface area contributed by atoms with Crippen molar-refractivity contribution in [3.05, 3.63) is 0 Å². The second-order valence-electron chi connectivity index (χ2n) is 3.83. The van der Waals surface area contributed by atoms with Gasteiger partial charge in [-0.05, 0) is 5.75 Å². The van der Waals surface area contributed by atoms with E-state index in [0.717, 1.165) is 0 Å². The number of nitrogens with two attached hydrogens (primary N) is 1. The van der Waals surface area contributed by atoms with Crippen molar-refractivity contribution in [2.24, 2.45) is 0 Å². The molecule has 0 atom stereocenters. The van der Waals surface area contributed by atoms with Gasteiger partial charge in [0.15, 0.2) is 4.87 Å². The molecule has 0 rings (SSSR count). The molecule has 0 fully saturated rings. The van der Waals surface area contributed by atoms with E-state index in [2.05, 4.69) is 45.3 Å². The Bertz CT molecular complexity index is 243. The van der Waals surface area contributed by atoms with Gasteiger partial charge in [-0.15, -0.1) is 0 Å². The lowest BCUT2D eigenvalue weighted by atomic mass is 10.4. The Labute approximate surface area is 97.3 Å². The molecule has 0 aromatic carbocycles. The Morgan fingerprint density at radius 2 is 1.73 bits per heavy atom. The fourth-order valence-corrected chi connectivity index (χ4v) is 2.06. The van der Waals surface area contributed by atoms with Crippen molar-refractivity contribution in [2.75, 3.05) is 26.1 Å². The van der Waals surface area contributed by atoms with Crippen LogP contribution in [0.2, 0.25) is 0 Å². The predicted molar refractivity (Wildman–Crippen MR) is 63.4 cm³/mol. The van der Waals surface area contributed by atoms with Crippen molar-refractivity contribution in [1.29, 1.82) is 0 Å². The van der Waals surface area contributed by atoms with E-state index in [4.69, 9.17) is 13.0 Å². The molecule has 0 unspecified atom stereocenters. The van der Waals surface area contributed by atoms with Gasteiger partial charge >= 0.3 is 0 Å². The monoisotopic (exact) mass is 258 g/mol. The molecule has 0 aliphatic carbocycles. The summed E-state index contributed by atoms with van der Waals surface area (Å²) in [6.07, 6.45) is 0.604. The van der Waals surface area contributed by atoms with Crippen LogP contribution in [0.5, 0.6) is 0 Å². The molecule has 0 heterocycles. The van der Waals surface area contributed by atoms with Crippen LogP contribution in [0.15, 0.2) is 0 Å². The summed E-state index contributed by atoms with van der Waals surface area (Å²) in [5.41, 5.74) is 2.24. The van der Waals surface area contributed by atoms with E-state index >= 15 is 0 Å². The van der Waals surface area contributed by atoms with E-state index in [1.807, 2.05) is 11.8 Å². The standard InChI is InChI=1S/C7H18N2S.CH4O3S/c1-6-10-7(2,3)8-9(4)5;1-5(2,3)4/h8H,6H2,1-5H3;1H3,(H,2,3,4). The number of quaternary nitrogens is 1. The zero-order chi connectivity index (χ0) is 12.7. The van der Waals surface area contributed by atoms with Gasteiger partial charge in [0, 0.05) is 34.2 Å². The van der Waals surface area contributed by atoms with E-state index < -0.39 is 10.1 Å². The first-order chi connectivity index (χ1) is 6.48. The van der Waals surface area contributed by atoms with Crippen LogP contribution in [0.25, 0.3) is 0 Å². The Morgan fingerprint density at radius 1 is 1.40 bits per heavy atom. The number of hydrogen-bond acceptors (Lipinski definition) is 5. The molecule has 0 bridgehead atoms. The SMILES string of the molecule is CCSC(C)(C)[NH2+]N(C)C.CS(=O)(=O)[O-]. The topological polar surface area (TPSA) is 77.0 Å². The van der Waals surface area contributed by atoms with Crippen molar-refractivity contribution in [3.8, 4) is 0 Å². The minimum absolute atomic E-state index is 0.290. The molecule has 0 saturated heterocycles. The fraction of sp³-hybridized carbons (Fsp3) is 1.00. The van der Waals surface area contributed by atoms with Gasteiger partial charge in [0.25, 0.3) is 0 Å². The summed E-state index contributed by atoms with van der Waals surface area (Å²) in [6.45, 7) is 6.66. The minimum Gasteiger partial charge on any atom is -0.748 e. The van der Waals surface area contributed by atoms with Gasteiger partial charge in [0.2, 0.25) is 0 Å². The molecule has 15 heavy (non-hydrogen) atoms. The summed E-state index contributed by atoms with van der Waals surface area (Å²) in [4.78, 5) is 0.290. The summed E-state index contributed by atoms with van der Waals surface area (Å²) in [5.74, 6) is 1.18. The van der Waals surface area contributed by atoms with Gasteiger partial charge in [-0.1, -0.05) is 18.7 Å². The van der Waals surface area contributed by atoms with Gasteiger partial charge < -0.3 is 4.55 Å². The van der Waals surface area contributed by atoms with Crippen LogP contribution in [0.4, 0.5) is 0 Å². The lowest BCUT2D eigenvalue weighted by Crippen LogP contribution is -3.00. The first-order valence-corrected chi connectivity index (χ1v) is 7.35. The highest BCUT2D eigenvalue weighted by Crippen LogP contribution is 2.14. The molecule has 7 heteroatoms. The molecule has 0 aliphatic rings. The quantitative estimate of drug-likeness (QED) is 0.323. The lowest BCUT2D eigenvalue weighted by molar-refractivity contribution is -0.826. The Kier molecular flexibility index (Phi) is 8.73. The number of rotatable bonds is 4. The van der Waals surface area contributed by atoms with Crippen LogP contribution in [-0.2, 0) is 10.1 Å². The van der Waals surface area contributed by atoms with Gasteiger partial charge in [-0.25, -0.2) is 8.42 Å². The van der Waals surface area contributed by atoms with E-state index in [1.54, 1.807) is 0 Å². The maximum atomic E-state index is 9.08. The highest BCUT2D eigenvalue weighted by Gasteiger charge is 2.21. The average molecular weight is 258 g/mol. The van der Waals surface area contributed by atoms with Crippen LogP contribution >= 0.6 is 11.8 Å². The molecule has 0 radical (unpaired) electrons. The number of nitrogens with zero attached hydrogens (tertiary/aromatic N) is 1. The van der Waals surface area contributed by atoms with Crippen molar-refractivity contribution in [2.45, 2.75) is 25.6 Å². The predicted octanol–water partition coefficient (Wildman–Crippen LogP) is -0.323. The maximum Gasteiger partial charge on any atom is 0.154 e. The second-order valence-corrected chi connectivity index (χ2v) is 7.16. The third kappa shape index (κ3) is 25.0.